The normalized spacial score (nSPS) is 15.6. The molecule has 29 heavy (non-hydrogen) atoms. The van der Waals surface area contributed by atoms with Gasteiger partial charge in [0.25, 0.3) is 5.91 Å². The third kappa shape index (κ3) is 5.40. The van der Waals surface area contributed by atoms with Gasteiger partial charge < -0.3 is 16.0 Å². The van der Waals surface area contributed by atoms with Crippen LogP contribution in [0.5, 0.6) is 0 Å². The van der Waals surface area contributed by atoms with Crippen molar-refractivity contribution in [2.24, 2.45) is 11.7 Å². The Hall–Kier alpha value is -3.22. The van der Waals surface area contributed by atoms with Crippen LogP contribution < -0.4 is 11.1 Å². The van der Waals surface area contributed by atoms with E-state index in [1.165, 1.54) is 24.3 Å². The zero-order valence-electron chi connectivity index (χ0n) is 16.0. The number of carbonyl (C=O) groups is 3. The zero-order valence-corrected chi connectivity index (χ0v) is 16.0. The van der Waals surface area contributed by atoms with E-state index in [9.17, 15) is 18.8 Å². The predicted molar refractivity (Wildman–Crippen MR) is 106 cm³/mol. The highest BCUT2D eigenvalue weighted by atomic mass is 19.1. The number of amides is 3. The van der Waals surface area contributed by atoms with Crippen LogP contribution >= 0.6 is 0 Å². The SMILES string of the molecule is NC(=O)C(Cc1ccccc1)NC(=O)C1CCN(C(=O)c2ccc(F)cc2)CC1. The molecular weight excluding hydrogens is 373 g/mol. The number of halogens is 1. The van der Waals surface area contributed by atoms with Gasteiger partial charge in [0.2, 0.25) is 11.8 Å². The van der Waals surface area contributed by atoms with E-state index >= 15 is 0 Å². The van der Waals surface area contributed by atoms with Gasteiger partial charge in [0.15, 0.2) is 0 Å². The van der Waals surface area contributed by atoms with E-state index in [0.29, 0.717) is 37.9 Å². The molecule has 1 saturated heterocycles. The number of nitrogens with two attached hydrogens (primary N) is 1. The van der Waals surface area contributed by atoms with Gasteiger partial charge in [-0.25, -0.2) is 4.39 Å². The minimum atomic E-state index is -0.774. The van der Waals surface area contributed by atoms with Crippen molar-refractivity contribution in [2.75, 3.05) is 13.1 Å². The molecule has 0 spiro atoms. The van der Waals surface area contributed by atoms with E-state index in [1.54, 1.807) is 4.90 Å². The second-order valence-corrected chi connectivity index (χ2v) is 7.23. The van der Waals surface area contributed by atoms with E-state index in [1.807, 2.05) is 30.3 Å². The molecule has 1 fully saturated rings. The number of hydrogen-bond donors (Lipinski definition) is 2. The Bertz CT molecular complexity index is 863. The topological polar surface area (TPSA) is 92.5 Å². The van der Waals surface area contributed by atoms with Gasteiger partial charge in [0.1, 0.15) is 11.9 Å². The third-order valence-electron chi connectivity index (χ3n) is 5.19. The van der Waals surface area contributed by atoms with Crippen molar-refractivity contribution in [1.82, 2.24) is 10.2 Å². The fraction of sp³-hybridized carbons (Fsp3) is 0.318. The number of carbonyl (C=O) groups excluding carboxylic acids is 3. The van der Waals surface area contributed by atoms with Gasteiger partial charge >= 0.3 is 0 Å². The Morgan fingerprint density at radius 1 is 1.03 bits per heavy atom. The summed E-state index contributed by atoms with van der Waals surface area (Å²) in [6.45, 7) is 0.850. The number of likely N-dealkylation sites (tertiary alicyclic amines) is 1. The first-order chi connectivity index (χ1) is 13.9. The Morgan fingerprint density at radius 3 is 2.24 bits per heavy atom. The molecule has 1 unspecified atom stereocenters. The third-order valence-corrected chi connectivity index (χ3v) is 5.19. The number of nitrogens with one attached hydrogen (secondary N) is 1. The van der Waals surface area contributed by atoms with Crippen LogP contribution in [0, 0.1) is 11.7 Å². The zero-order chi connectivity index (χ0) is 20.8. The summed E-state index contributed by atoms with van der Waals surface area (Å²) in [5.74, 6) is -1.66. The molecule has 1 heterocycles. The van der Waals surface area contributed by atoms with Crippen LogP contribution in [0.2, 0.25) is 0 Å². The molecule has 3 rings (SSSR count). The molecule has 152 valence electrons. The molecule has 0 saturated carbocycles. The molecule has 0 aliphatic carbocycles. The minimum Gasteiger partial charge on any atom is -0.368 e. The van der Waals surface area contributed by atoms with E-state index in [4.69, 9.17) is 5.73 Å². The van der Waals surface area contributed by atoms with Crippen molar-refractivity contribution in [3.05, 3.63) is 71.5 Å². The summed E-state index contributed by atoms with van der Waals surface area (Å²) in [5, 5.41) is 2.76. The van der Waals surface area contributed by atoms with Gasteiger partial charge in [-0.05, 0) is 42.7 Å². The summed E-state index contributed by atoms with van der Waals surface area (Å²) in [6, 6.07) is 14.0. The molecule has 6 nitrogen and oxygen atoms in total. The molecule has 2 aromatic carbocycles. The standard InChI is InChI=1S/C22H24FN3O3/c23-18-8-6-17(7-9-18)22(29)26-12-10-16(11-13-26)21(28)25-19(20(24)27)14-15-4-2-1-3-5-15/h1-9,16,19H,10-14H2,(H2,24,27)(H,25,28). The van der Waals surface area contributed by atoms with Gasteiger partial charge in [-0.15, -0.1) is 0 Å². The minimum absolute atomic E-state index is 0.178. The molecule has 0 aromatic heterocycles. The number of hydrogen-bond acceptors (Lipinski definition) is 3. The summed E-state index contributed by atoms with van der Waals surface area (Å²) >= 11 is 0. The molecule has 3 amide bonds. The van der Waals surface area contributed by atoms with Crippen LogP contribution in [0.15, 0.2) is 54.6 Å². The first-order valence-corrected chi connectivity index (χ1v) is 9.62. The summed E-state index contributed by atoms with van der Waals surface area (Å²) in [5.41, 5.74) is 6.80. The lowest BCUT2D eigenvalue weighted by Crippen LogP contribution is -2.50. The van der Waals surface area contributed by atoms with Crippen molar-refractivity contribution in [3.63, 3.8) is 0 Å². The second-order valence-electron chi connectivity index (χ2n) is 7.23. The van der Waals surface area contributed by atoms with Gasteiger partial charge in [-0.3, -0.25) is 14.4 Å². The van der Waals surface area contributed by atoms with Gasteiger partial charge in [-0.1, -0.05) is 30.3 Å². The molecular formula is C22H24FN3O3. The Kier molecular flexibility index (Phi) is 6.59. The maximum Gasteiger partial charge on any atom is 0.253 e. The predicted octanol–water partition coefficient (Wildman–Crippen LogP) is 1.89. The summed E-state index contributed by atoms with van der Waals surface area (Å²) in [7, 11) is 0. The van der Waals surface area contributed by atoms with Gasteiger partial charge in [0, 0.05) is 31.0 Å². The van der Waals surface area contributed by atoms with Crippen LogP contribution in [0.25, 0.3) is 0 Å². The fourth-order valence-electron chi connectivity index (χ4n) is 3.48. The maximum atomic E-state index is 13.0. The second kappa shape index (κ2) is 9.32. The fourth-order valence-corrected chi connectivity index (χ4v) is 3.48. The first kappa shape index (κ1) is 20.5. The number of piperidine rings is 1. The molecule has 2 aromatic rings. The summed E-state index contributed by atoms with van der Waals surface area (Å²) < 4.78 is 13.0. The van der Waals surface area contributed by atoms with Crippen LogP contribution in [-0.4, -0.2) is 41.8 Å². The molecule has 3 N–H and O–H groups in total. The number of primary amides is 1. The van der Waals surface area contributed by atoms with Crippen molar-refractivity contribution in [1.29, 1.82) is 0 Å². The molecule has 1 atom stereocenters. The number of rotatable bonds is 6. The van der Waals surface area contributed by atoms with Crippen LogP contribution in [0.4, 0.5) is 4.39 Å². The lowest BCUT2D eigenvalue weighted by atomic mass is 9.94. The average Bonchev–Trinajstić information content (AvgIpc) is 2.74. The molecule has 7 heteroatoms. The van der Waals surface area contributed by atoms with Gasteiger partial charge in [0.05, 0.1) is 0 Å². The van der Waals surface area contributed by atoms with Crippen molar-refractivity contribution in [3.8, 4) is 0 Å². The first-order valence-electron chi connectivity index (χ1n) is 9.62. The highest BCUT2D eigenvalue weighted by Crippen LogP contribution is 2.20. The summed E-state index contributed by atoms with van der Waals surface area (Å²) in [4.78, 5) is 38.6. The van der Waals surface area contributed by atoms with Crippen molar-refractivity contribution < 1.29 is 18.8 Å². The van der Waals surface area contributed by atoms with Crippen molar-refractivity contribution >= 4 is 17.7 Å². The van der Waals surface area contributed by atoms with Crippen LogP contribution in [0.1, 0.15) is 28.8 Å². The summed E-state index contributed by atoms with van der Waals surface area (Å²) in [6.07, 6.45) is 1.33. The Morgan fingerprint density at radius 2 is 1.66 bits per heavy atom. The Balaban J connectivity index is 1.54. The molecule has 1 aliphatic heterocycles. The number of nitrogens with zero attached hydrogens (tertiary/aromatic N) is 1. The lowest BCUT2D eigenvalue weighted by Gasteiger charge is -2.32. The lowest BCUT2D eigenvalue weighted by molar-refractivity contribution is -0.130. The van der Waals surface area contributed by atoms with Crippen LogP contribution in [0.3, 0.4) is 0 Å². The Labute approximate surface area is 168 Å². The average molecular weight is 397 g/mol. The van der Waals surface area contributed by atoms with E-state index in [2.05, 4.69) is 5.32 Å². The van der Waals surface area contributed by atoms with E-state index in [-0.39, 0.29) is 17.7 Å². The largest absolute Gasteiger partial charge is 0.368 e. The highest BCUT2D eigenvalue weighted by Gasteiger charge is 2.30. The molecule has 0 radical (unpaired) electrons. The molecule has 0 bridgehead atoms. The van der Waals surface area contributed by atoms with Crippen LogP contribution in [-0.2, 0) is 16.0 Å². The number of benzene rings is 2. The molecule has 1 aliphatic rings. The monoisotopic (exact) mass is 397 g/mol. The quantitative estimate of drug-likeness (QED) is 0.780. The van der Waals surface area contributed by atoms with E-state index < -0.39 is 17.8 Å². The van der Waals surface area contributed by atoms with Crippen molar-refractivity contribution in [2.45, 2.75) is 25.3 Å². The van der Waals surface area contributed by atoms with E-state index in [0.717, 1.165) is 5.56 Å². The highest BCUT2D eigenvalue weighted by molar-refractivity contribution is 5.94. The smallest absolute Gasteiger partial charge is 0.253 e. The maximum absolute atomic E-state index is 13.0. The van der Waals surface area contributed by atoms with Gasteiger partial charge in [-0.2, -0.15) is 0 Å².